The van der Waals surface area contributed by atoms with E-state index in [9.17, 15) is 13.2 Å². The summed E-state index contributed by atoms with van der Waals surface area (Å²) in [4.78, 5) is 0. The highest BCUT2D eigenvalue weighted by Crippen LogP contribution is 2.28. The number of allylic oxidation sites excluding steroid dienone is 2. The molecular formula is C7H8Cl3F3. The maximum Gasteiger partial charge on any atom is 0.409 e. The Bertz CT molecular complexity index is 164. The molecule has 0 atom stereocenters. The molecule has 0 spiro atoms. The van der Waals surface area contributed by atoms with E-state index in [2.05, 4.69) is 0 Å². The molecular weight excluding hydrogens is 247 g/mol. The Labute approximate surface area is 89.6 Å². The summed E-state index contributed by atoms with van der Waals surface area (Å²) in [5.74, 6) is -0.105. The molecule has 78 valence electrons. The Kier molecular flexibility index (Phi) is 5.49. The summed E-state index contributed by atoms with van der Waals surface area (Å²) in [6, 6.07) is 0. The molecule has 13 heavy (non-hydrogen) atoms. The molecule has 0 saturated heterocycles. The van der Waals surface area contributed by atoms with Crippen LogP contribution in [0.5, 0.6) is 0 Å². The highest BCUT2D eigenvalue weighted by atomic mass is 35.5. The average Bonchev–Trinajstić information content (AvgIpc) is 2.06. The molecule has 0 N–H and O–H groups in total. The minimum absolute atomic E-state index is 0.0351. The molecule has 0 bridgehead atoms. The molecule has 0 aliphatic carbocycles. The second-order valence-electron chi connectivity index (χ2n) is 2.64. The fraction of sp³-hybridized carbons (Fsp3) is 0.714. The summed E-state index contributed by atoms with van der Waals surface area (Å²) in [6.45, 7) is 0. The van der Waals surface area contributed by atoms with Gasteiger partial charge >= 0.3 is 6.18 Å². The quantitative estimate of drug-likeness (QED) is 0.529. The Hall–Kier alpha value is 0.400. The van der Waals surface area contributed by atoms with Gasteiger partial charge in [0.1, 0.15) is 0 Å². The van der Waals surface area contributed by atoms with Crippen molar-refractivity contribution in [3.05, 3.63) is 12.2 Å². The Balaban J connectivity index is 4.51. The van der Waals surface area contributed by atoms with Crippen molar-refractivity contribution in [1.29, 1.82) is 0 Å². The van der Waals surface area contributed by atoms with Crippen LogP contribution in [-0.4, -0.2) is 23.8 Å². The van der Waals surface area contributed by atoms with E-state index in [4.69, 9.17) is 34.8 Å². The monoisotopic (exact) mass is 254 g/mol. The molecule has 0 radical (unpaired) electrons. The molecule has 0 aromatic heterocycles. The van der Waals surface area contributed by atoms with E-state index in [1.54, 1.807) is 0 Å². The van der Waals surface area contributed by atoms with Crippen molar-refractivity contribution in [3.8, 4) is 0 Å². The van der Waals surface area contributed by atoms with Crippen LogP contribution in [0.25, 0.3) is 0 Å². The lowest BCUT2D eigenvalue weighted by molar-refractivity contribution is -0.0804. The van der Waals surface area contributed by atoms with Gasteiger partial charge in [-0.15, -0.1) is 34.8 Å². The smallest absolute Gasteiger partial charge is 0.167 e. The maximum atomic E-state index is 11.8. The summed E-state index contributed by atoms with van der Waals surface area (Å²) in [5.41, 5.74) is -0.972. The minimum Gasteiger partial charge on any atom is -0.167 e. The minimum atomic E-state index is -4.35. The summed E-state index contributed by atoms with van der Waals surface area (Å²) in [7, 11) is 0. The SMILES string of the molecule is FC(F)(F)C=CC(CCl)(CCl)CCl. The predicted molar refractivity (Wildman–Crippen MR) is 49.8 cm³/mol. The largest absolute Gasteiger partial charge is 0.409 e. The van der Waals surface area contributed by atoms with E-state index in [0.717, 1.165) is 6.08 Å². The number of alkyl halides is 6. The first-order valence-corrected chi connectivity index (χ1v) is 4.94. The standard InChI is InChI=1S/C7H8Cl3F3/c8-3-6(4-9,5-10)1-2-7(11,12)13/h1-2H,3-5H2. The molecule has 0 aliphatic heterocycles. The third-order valence-electron chi connectivity index (χ3n) is 1.42. The Morgan fingerprint density at radius 1 is 0.846 bits per heavy atom. The van der Waals surface area contributed by atoms with Crippen LogP contribution in [-0.2, 0) is 0 Å². The number of halogens is 6. The molecule has 0 heterocycles. The van der Waals surface area contributed by atoms with E-state index >= 15 is 0 Å². The van der Waals surface area contributed by atoms with Gasteiger partial charge < -0.3 is 0 Å². The van der Waals surface area contributed by atoms with Gasteiger partial charge in [0.05, 0.1) is 0 Å². The lowest BCUT2D eigenvalue weighted by Gasteiger charge is -2.22. The first kappa shape index (κ1) is 13.4. The van der Waals surface area contributed by atoms with Gasteiger partial charge in [-0.05, 0) is 0 Å². The number of hydrogen-bond acceptors (Lipinski definition) is 0. The average molecular weight is 255 g/mol. The lowest BCUT2D eigenvalue weighted by Crippen LogP contribution is -2.25. The van der Waals surface area contributed by atoms with Gasteiger partial charge in [0.15, 0.2) is 0 Å². The highest BCUT2D eigenvalue weighted by Gasteiger charge is 2.29. The first-order chi connectivity index (χ1) is 5.89. The zero-order valence-corrected chi connectivity index (χ0v) is 8.81. The summed E-state index contributed by atoms with van der Waals surface area (Å²) < 4.78 is 35.3. The van der Waals surface area contributed by atoms with Crippen molar-refractivity contribution in [3.63, 3.8) is 0 Å². The summed E-state index contributed by atoms with van der Waals surface area (Å²) in [5, 5.41) is 0. The summed E-state index contributed by atoms with van der Waals surface area (Å²) >= 11 is 16.4. The highest BCUT2D eigenvalue weighted by molar-refractivity contribution is 6.24. The zero-order valence-electron chi connectivity index (χ0n) is 6.54. The second kappa shape index (κ2) is 5.32. The number of hydrogen-bond donors (Lipinski definition) is 0. The molecule has 0 nitrogen and oxygen atoms in total. The second-order valence-corrected chi connectivity index (χ2v) is 3.44. The van der Waals surface area contributed by atoms with Crippen LogP contribution in [0.3, 0.4) is 0 Å². The van der Waals surface area contributed by atoms with Crippen LogP contribution in [0.1, 0.15) is 0 Å². The van der Waals surface area contributed by atoms with Gasteiger partial charge in [0, 0.05) is 29.1 Å². The fourth-order valence-electron chi connectivity index (χ4n) is 0.512. The topological polar surface area (TPSA) is 0 Å². The van der Waals surface area contributed by atoms with Crippen molar-refractivity contribution in [1.82, 2.24) is 0 Å². The van der Waals surface area contributed by atoms with Gasteiger partial charge in [0.2, 0.25) is 0 Å². The molecule has 0 rings (SSSR count). The molecule has 0 unspecified atom stereocenters. The maximum absolute atomic E-state index is 11.8. The van der Waals surface area contributed by atoms with E-state index < -0.39 is 11.6 Å². The Morgan fingerprint density at radius 3 is 1.46 bits per heavy atom. The van der Waals surface area contributed by atoms with E-state index in [1.165, 1.54) is 0 Å². The predicted octanol–water partition coefficient (Wildman–Crippen LogP) is 3.81. The molecule has 0 aliphatic rings. The first-order valence-electron chi connectivity index (χ1n) is 3.34. The fourth-order valence-corrected chi connectivity index (χ4v) is 1.64. The van der Waals surface area contributed by atoms with Crippen LogP contribution in [0.2, 0.25) is 0 Å². The molecule has 0 aromatic rings. The van der Waals surface area contributed by atoms with Gasteiger partial charge in [-0.3, -0.25) is 0 Å². The van der Waals surface area contributed by atoms with Gasteiger partial charge in [-0.25, -0.2) is 0 Å². The molecule has 0 amide bonds. The summed E-state index contributed by atoms with van der Waals surface area (Å²) in [6.07, 6.45) is -3.32. The molecule has 0 saturated carbocycles. The molecule has 0 fully saturated rings. The van der Waals surface area contributed by atoms with Crippen molar-refractivity contribution in [2.45, 2.75) is 6.18 Å². The lowest BCUT2D eigenvalue weighted by atomic mass is 9.95. The van der Waals surface area contributed by atoms with Crippen molar-refractivity contribution < 1.29 is 13.2 Å². The van der Waals surface area contributed by atoms with Gasteiger partial charge in [-0.1, -0.05) is 6.08 Å². The van der Waals surface area contributed by atoms with Crippen LogP contribution >= 0.6 is 34.8 Å². The van der Waals surface area contributed by atoms with Gasteiger partial charge in [-0.2, -0.15) is 13.2 Å². The van der Waals surface area contributed by atoms with Gasteiger partial charge in [0.25, 0.3) is 0 Å². The van der Waals surface area contributed by atoms with Crippen LogP contribution in [0.15, 0.2) is 12.2 Å². The zero-order chi connectivity index (χ0) is 10.5. The van der Waals surface area contributed by atoms with Crippen LogP contribution < -0.4 is 0 Å². The normalized spacial score (nSPS) is 14.0. The third-order valence-corrected chi connectivity index (χ3v) is 3.02. The van der Waals surface area contributed by atoms with Crippen LogP contribution in [0, 0.1) is 5.41 Å². The van der Waals surface area contributed by atoms with E-state index in [-0.39, 0.29) is 23.7 Å². The number of rotatable bonds is 4. The van der Waals surface area contributed by atoms with Crippen molar-refractivity contribution in [2.75, 3.05) is 17.6 Å². The van der Waals surface area contributed by atoms with E-state index in [0.29, 0.717) is 0 Å². The van der Waals surface area contributed by atoms with Crippen molar-refractivity contribution >= 4 is 34.8 Å². The molecule has 6 heteroatoms. The van der Waals surface area contributed by atoms with Crippen LogP contribution in [0.4, 0.5) is 13.2 Å². The van der Waals surface area contributed by atoms with Crippen molar-refractivity contribution in [2.24, 2.45) is 5.41 Å². The Morgan fingerprint density at radius 2 is 1.23 bits per heavy atom. The molecule has 0 aromatic carbocycles. The van der Waals surface area contributed by atoms with E-state index in [1.807, 2.05) is 0 Å². The third kappa shape index (κ3) is 4.99.